The standard InChI is InChI=1S/C22H21N3O2/c1-14-12-25(13-15(2)26-14)22-20-19(17-10-6-7-11-18(17)27-20)23-21(24-22)16-8-4-3-5-9-16/h3-11,14-15H,12-13H2,1-2H3/t14-,15-/m0/s1. The number of benzene rings is 2. The fourth-order valence-electron chi connectivity index (χ4n) is 3.86. The van der Waals surface area contributed by atoms with Gasteiger partial charge in [-0.1, -0.05) is 42.5 Å². The molecule has 1 fully saturated rings. The van der Waals surface area contributed by atoms with Crippen LogP contribution in [0.3, 0.4) is 0 Å². The molecule has 0 bridgehead atoms. The number of furan rings is 1. The average Bonchev–Trinajstić information content (AvgIpc) is 3.06. The van der Waals surface area contributed by atoms with Crippen molar-refractivity contribution in [2.45, 2.75) is 26.1 Å². The van der Waals surface area contributed by atoms with E-state index in [-0.39, 0.29) is 12.2 Å². The number of anilines is 1. The van der Waals surface area contributed by atoms with E-state index in [2.05, 4.69) is 24.8 Å². The Hall–Kier alpha value is -2.92. The van der Waals surface area contributed by atoms with Crippen molar-refractivity contribution in [3.8, 4) is 11.4 Å². The lowest BCUT2D eigenvalue weighted by molar-refractivity contribution is -0.00540. The summed E-state index contributed by atoms with van der Waals surface area (Å²) in [6.07, 6.45) is 0.284. The molecule has 0 N–H and O–H groups in total. The van der Waals surface area contributed by atoms with E-state index < -0.39 is 0 Å². The average molecular weight is 359 g/mol. The van der Waals surface area contributed by atoms with Gasteiger partial charge in [0.05, 0.1) is 12.2 Å². The number of fused-ring (bicyclic) bond motifs is 3. The first-order chi connectivity index (χ1) is 13.2. The predicted molar refractivity (Wildman–Crippen MR) is 107 cm³/mol. The van der Waals surface area contributed by atoms with Gasteiger partial charge in [0.1, 0.15) is 11.1 Å². The van der Waals surface area contributed by atoms with Crippen LogP contribution in [-0.4, -0.2) is 35.3 Å². The molecule has 5 rings (SSSR count). The number of para-hydroxylation sites is 1. The third-order valence-electron chi connectivity index (χ3n) is 4.95. The smallest absolute Gasteiger partial charge is 0.196 e. The minimum absolute atomic E-state index is 0.142. The Balaban J connectivity index is 1.77. The van der Waals surface area contributed by atoms with E-state index in [1.807, 2.05) is 48.5 Å². The molecule has 5 heteroatoms. The van der Waals surface area contributed by atoms with E-state index in [1.165, 1.54) is 0 Å². The third-order valence-corrected chi connectivity index (χ3v) is 4.95. The van der Waals surface area contributed by atoms with Gasteiger partial charge in [0, 0.05) is 24.0 Å². The molecule has 0 amide bonds. The molecule has 1 aliphatic heterocycles. The molecule has 5 nitrogen and oxygen atoms in total. The summed E-state index contributed by atoms with van der Waals surface area (Å²) in [4.78, 5) is 12.1. The van der Waals surface area contributed by atoms with Crippen LogP contribution in [0.4, 0.5) is 5.82 Å². The zero-order valence-corrected chi connectivity index (χ0v) is 15.4. The maximum Gasteiger partial charge on any atom is 0.196 e. The summed E-state index contributed by atoms with van der Waals surface area (Å²) in [6, 6.07) is 18.1. The second kappa shape index (κ2) is 6.35. The van der Waals surface area contributed by atoms with Gasteiger partial charge in [-0.05, 0) is 26.0 Å². The molecule has 0 aliphatic carbocycles. The van der Waals surface area contributed by atoms with Gasteiger partial charge in [-0.25, -0.2) is 9.97 Å². The summed E-state index contributed by atoms with van der Waals surface area (Å²) >= 11 is 0. The second-order valence-electron chi connectivity index (χ2n) is 7.18. The van der Waals surface area contributed by atoms with Crippen LogP contribution in [0.5, 0.6) is 0 Å². The monoisotopic (exact) mass is 359 g/mol. The van der Waals surface area contributed by atoms with Gasteiger partial charge in [0.2, 0.25) is 0 Å². The summed E-state index contributed by atoms with van der Waals surface area (Å²) in [7, 11) is 0. The lowest BCUT2D eigenvalue weighted by Crippen LogP contribution is -2.46. The highest BCUT2D eigenvalue weighted by Crippen LogP contribution is 2.35. The first-order valence-corrected chi connectivity index (χ1v) is 9.34. The van der Waals surface area contributed by atoms with Crippen LogP contribution in [0.15, 0.2) is 59.0 Å². The molecular formula is C22H21N3O2. The van der Waals surface area contributed by atoms with Crippen molar-refractivity contribution in [3.63, 3.8) is 0 Å². The normalized spacial score (nSPS) is 20.4. The second-order valence-corrected chi connectivity index (χ2v) is 7.18. The van der Waals surface area contributed by atoms with E-state index in [9.17, 15) is 0 Å². The molecule has 3 heterocycles. The molecule has 0 unspecified atom stereocenters. The van der Waals surface area contributed by atoms with Crippen molar-refractivity contribution in [2.75, 3.05) is 18.0 Å². The van der Waals surface area contributed by atoms with Crippen molar-refractivity contribution < 1.29 is 9.15 Å². The van der Waals surface area contributed by atoms with Crippen LogP contribution in [0.25, 0.3) is 33.5 Å². The zero-order chi connectivity index (χ0) is 18.4. The van der Waals surface area contributed by atoms with Crippen molar-refractivity contribution in [2.24, 2.45) is 0 Å². The largest absolute Gasteiger partial charge is 0.450 e. The number of ether oxygens (including phenoxy) is 1. The Morgan fingerprint density at radius 2 is 1.59 bits per heavy atom. The molecule has 1 aliphatic rings. The molecule has 136 valence electrons. The van der Waals surface area contributed by atoms with Crippen LogP contribution in [0.1, 0.15) is 13.8 Å². The van der Waals surface area contributed by atoms with Gasteiger partial charge < -0.3 is 14.1 Å². The minimum atomic E-state index is 0.142. The Morgan fingerprint density at radius 3 is 2.37 bits per heavy atom. The van der Waals surface area contributed by atoms with Gasteiger partial charge >= 0.3 is 0 Å². The number of aromatic nitrogens is 2. The maximum absolute atomic E-state index is 6.19. The summed E-state index contributed by atoms with van der Waals surface area (Å²) in [5, 5.41) is 1.02. The molecule has 2 aromatic carbocycles. The fourth-order valence-corrected chi connectivity index (χ4v) is 3.86. The quantitative estimate of drug-likeness (QED) is 0.521. The summed E-state index contributed by atoms with van der Waals surface area (Å²) in [5.74, 6) is 1.56. The first kappa shape index (κ1) is 16.3. The molecular weight excluding hydrogens is 338 g/mol. The van der Waals surface area contributed by atoms with E-state index in [0.29, 0.717) is 0 Å². The van der Waals surface area contributed by atoms with Gasteiger partial charge in [0.25, 0.3) is 0 Å². The SMILES string of the molecule is C[C@H]1CN(c2nc(-c3ccccc3)nc3c2oc2ccccc23)C[C@H](C)O1. The zero-order valence-electron chi connectivity index (χ0n) is 15.4. The minimum Gasteiger partial charge on any atom is -0.450 e. The number of hydrogen-bond acceptors (Lipinski definition) is 5. The highest BCUT2D eigenvalue weighted by atomic mass is 16.5. The van der Waals surface area contributed by atoms with Crippen molar-refractivity contribution in [1.82, 2.24) is 9.97 Å². The first-order valence-electron chi connectivity index (χ1n) is 9.34. The Morgan fingerprint density at radius 1 is 0.889 bits per heavy atom. The Labute approximate surface area is 157 Å². The lowest BCUT2D eigenvalue weighted by Gasteiger charge is -2.36. The van der Waals surface area contributed by atoms with Crippen LogP contribution in [-0.2, 0) is 4.74 Å². The summed E-state index contributed by atoms with van der Waals surface area (Å²) in [6.45, 7) is 5.75. The van der Waals surface area contributed by atoms with Gasteiger partial charge in [0.15, 0.2) is 17.2 Å². The van der Waals surface area contributed by atoms with Gasteiger partial charge in [-0.3, -0.25) is 0 Å². The highest BCUT2D eigenvalue weighted by Gasteiger charge is 2.27. The molecule has 0 spiro atoms. The van der Waals surface area contributed by atoms with E-state index in [1.54, 1.807) is 0 Å². The number of rotatable bonds is 2. The molecule has 0 radical (unpaired) electrons. The summed E-state index contributed by atoms with van der Waals surface area (Å²) in [5.41, 5.74) is 3.45. The summed E-state index contributed by atoms with van der Waals surface area (Å²) < 4.78 is 12.1. The highest BCUT2D eigenvalue weighted by molar-refractivity contribution is 6.06. The fraction of sp³-hybridized carbons (Fsp3) is 0.273. The Bertz CT molecular complexity index is 1100. The van der Waals surface area contributed by atoms with E-state index >= 15 is 0 Å². The third kappa shape index (κ3) is 2.84. The number of hydrogen-bond donors (Lipinski definition) is 0. The molecule has 1 saturated heterocycles. The molecule has 4 aromatic rings. The maximum atomic E-state index is 6.19. The van der Waals surface area contributed by atoms with Crippen molar-refractivity contribution in [3.05, 3.63) is 54.6 Å². The molecule has 2 atom stereocenters. The topological polar surface area (TPSA) is 51.4 Å². The van der Waals surface area contributed by atoms with Crippen LogP contribution < -0.4 is 4.90 Å². The Kier molecular flexibility index (Phi) is 3.83. The predicted octanol–water partition coefficient (Wildman–Crippen LogP) is 4.66. The van der Waals surface area contributed by atoms with Gasteiger partial charge in [-0.2, -0.15) is 0 Å². The van der Waals surface area contributed by atoms with Crippen LogP contribution >= 0.6 is 0 Å². The van der Waals surface area contributed by atoms with E-state index in [4.69, 9.17) is 19.1 Å². The van der Waals surface area contributed by atoms with Crippen molar-refractivity contribution >= 4 is 27.9 Å². The molecule has 0 saturated carbocycles. The lowest BCUT2D eigenvalue weighted by atomic mass is 10.2. The number of morpholine rings is 1. The van der Waals surface area contributed by atoms with Gasteiger partial charge in [-0.15, -0.1) is 0 Å². The molecule has 2 aromatic heterocycles. The molecule has 27 heavy (non-hydrogen) atoms. The van der Waals surface area contributed by atoms with E-state index in [0.717, 1.165) is 52.4 Å². The van der Waals surface area contributed by atoms with Crippen LogP contribution in [0, 0.1) is 0 Å². The number of nitrogens with zero attached hydrogens (tertiary/aromatic N) is 3. The van der Waals surface area contributed by atoms with Crippen LogP contribution in [0.2, 0.25) is 0 Å². The van der Waals surface area contributed by atoms with Crippen molar-refractivity contribution in [1.29, 1.82) is 0 Å².